The van der Waals surface area contributed by atoms with Crippen LogP contribution in [-0.4, -0.2) is 68.6 Å². The molecular weight excluding hydrogens is 546 g/mol. The Morgan fingerprint density at radius 3 is 2.26 bits per heavy atom. The Labute approximate surface area is 243 Å². The van der Waals surface area contributed by atoms with Gasteiger partial charge in [-0.2, -0.15) is 0 Å². The Morgan fingerprint density at radius 1 is 1.02 bits per heavy atom. The summed E-state index contributed by atoms with van der Waals surface area (Å²) in [5.41, 5.74) is 1.05. The van der Waals surface area contributed by atoms with E-state index in [1.165, 1.54) is 32.4 Å². The summed E-state index contributed by atoms with van der Waals surface area (Å²) in [4.78, 5) is 36.8. The van der Waals surface area contributed by atoms with Crippen LogP contribution in [0.4, 0.5) is 5.69 Å². The van der Waals surface area contributed by atoms with Crippen molar-refractivity contribution in [1.82, 2.24) is 10.6 Å². The van der Waals surface area contributed by atoms with Gasteiger partial charge in [0.25, 0.3) is 5.69 Å². The van der Waals surface area contributed by atoms with Crippen LogP contribution >= 0.6 is 0 Å². The molecule has 3 N–H and O–H groups in total. The molecule has 2 aromatic rings. The number of non-ortho nitro benzene ring substituents is 1. The number of benzene rings is 2. The minimum Gasteiger partial charge on any atom is -0.491 e. The van der Waals surface area contributed by atoms with E-state index in [0.717, 1.165) is 0 Å². The van der Waals surface area contributed by atoms with Crippen molar-refractivity contribution >= 4 is 17.6 Å². The number of nitro benzene ring substituents is 1. The average Bonchev–Trinajstić information content (AvgIpc) is 2.99. The van der Waals surface area contributed by atoms with E-state index >= 15 is 0 Å². The summed E-state index contributed by atoms with van der Waals surface area (Å²) in [6.07, 6.45) is 2.83. The molecule has 0 amide bonds. The first kappa shape index (κ1) is 31.8. The van der Waals surface area contributed by atoms with Crippen LogP contribution in [0.2, 0.25) is 0 Å². The smallest absolute Gasteiger partial charge is 0.336 e. The third-order valence-electron chi connectivity index (χ3n) is 6.42. The van der Waals surface area contributed by atoms with E-state index in [2.05, 4.69) is 10.6 Å². The first-order valence-electron chi connectivity index (χ1n) is 13.2. The monoisotopic (exact) mass is 581 g/mol. The minimum absolute atomic E-state index is 0.0869. The summed E-state index contributed by atoms with van der Waals surface area (Å²) in [6, 6.07) is 13.2. The summed E-state index contributed by atoms with van der Waals surface area (Å²) >= 11 is 0. The number of carbonyl (C=O) groups excluding carboxylic acids is 2. The molecule has 0 spiro atoms. The van der Waals surface area contributed by atoms with Gasteiger partial charge in [-0.25, -0.2) is 9.59 Å². The standard InChI is InChI=1S/C30H35N3O9/c1-19-26(29(35)39-3)28(27(20(2)32-19)30(36)40-4)24-16-21(33(37)38)12-13-25(24)41-15-9-8-14-31-17-22(34)18-42-23-10-6-5-7-11-23/h5-13,16,22,28,31-32,34H,14-15,17-18H2,1-4H3/b9-8-. The van der Waals surface area contributed by atoms with Gasteiger partial charge >= 0.3 is 11.9 Å². The fraction of sp³-hybridized carbons (Fsp3) is 0.333. The first-order chi connectivity index (χ1) is 20.2. The molecule has 1 heterocycles. The number of carbonyl (C=O) groups is 2. The van der Waals surface area contributed by atoms with Gasteiger partial charge in [0, 0.05) is 42.2 Å². The molecule has 0 saturated carbocycles. The van der Waals surface area contributed by atoms with Crippen LogP contribution in [0, 0.1) is 10.1 Å². The molecule has 0 bridgehead atoms. The fourth-order valence-corrected chi connectivity index (χ4v) is 4.46. The molecule has 1 aliphatic rings. The van der Waals surface area contributed by atoms with Crippen molar-refractivity contribution < 1.29 is 38.6 Å². The molecule has 1 unspecified atom stereocenters. The number of dihydropyridines is 1. The van der Waals surface area contributed by atoms with Gasteiger partial charge in [0.1, 0.15) is 30.8 Å². The van der Waals surface area contributed by atoms with Crippen LogP contribution < -0.4 is 20.1 Å². The number of hydrogen-bond acceptors (Lipinski definition) is 11. The number of aliphatic hydroxyl groups excluding tert-OH is 1. The number of methoxy groups -OCH3 is 2. The van der Waals surface area contributed by atoms with Crippen LogP contribution in [0.5, 0.6) is 11.5 Å². The highest BCUT2D eigenvalue weighted by atomic mass is 16.6. The summed E-state index contributed by atoms with van der Waals surface area (Å²) in [6.45, 7) is 4.28. The Morgan fingerprint density at radius 2 is 1.67 bits per heavy atom. The molecule has 0 radical (unpaired) electrons. The zero-order valence-electron chi connectivity index (χ0n) is 23.9. The number of nitrogens with zero attached hydrogens (tertiary/aromatic N) is 1. The highest BCUT2D eigenvalue weighted by Gasteiger charge is 2.39. The Hall–Kier alpha value is -4.68. The first-order valence-corrected chi connectivity index (χ1v) is 13.2. The summed E-state index contributed by atoms with van der Waals surface area (Å²) in [5, 5.41) is 27.8. The number of esters is 2. The molecule has 0 aliphatic carbocycles. The second-order valence-electron chi connectivity index (χ2n) is 9.32. The summed E-state index contributed by atoms with van der Waals surface area (Å²) < 4.78 is 21.5. The topological polar surface area (TPSA) is 158 Å². The maximum atomic E-state index is 12.9. The number of rotatable bonds is 14. The lowest BCUT2D eigenvalue weighted by molar-refractivity contribution is -0.384. The zero-order chi connectivity index (χ0) is 30.6. The Kier molecular flexibility index (Phi) is 11.6. The van der Waals surface area contributed by atoms with Crippen LogP contribution in [0.25, 0.3) is 0 Å². The highest BCUT2D eigenvalue weighted by molar-refractivity contribution is 6.00. The molecule has 12 nitrogen and oxygen atoms in total. The number of nitrogens with one attached hydrogen (secondary N) is 2. The van der Waals surface area contributed by atoms with Gasteiger partial charge in [0.2, 0.25) is 0 Å². The minimum atomic E-state index is -1.05. The molecule has 1 atom stereocenters. The number of aliphatic hydroxyl groups is 1. The van der Waals surface area contributed by atoms with E-state index in [-0.39, 0.29) is 41.4 Å². The van der Waals surface area contributed by atoms with Gasteiger partial charge < -0.3 is 34.7 Å². The van der Waals surface area contributed by atoms with Crippen molar-refractivity contribution in [3.8, 4) is 11.5 Å². The van der Waals surface area contributed by atoms with E-state index in [4.69, 9.17) is 18.9 Å². The van der Waals surface area contributed by atoms with Crippen molar-refractivity contribution in [2.75, 3.05) is 40.5 Å². The maximum absolute atomic E-state index is 12.9. The molecule has 3 rings (SSSR count). The van der Waals surface area contributed by atoms with Gasteiger partial charge in [0.15, 0.2) is 0 Å². The lowest BCUT2D eigenvalue weighted by Gasteiger charge is -2.30. The largest absolute Gasteiger partial charge is 0.491 e. The zero-order valence-corrected chi connectivity index (χ0v) is 23.9. The predicted molar refractivity (Wildman–Crippen MR) is 154 cm³/mol. The van der Waals surface area contributed by atoms with Crippen molar-refractivity contribution in [3.05, 3.63) is 98.9 Å². The van der Waals surface area contributed by atoms with Crippen molar-refractivity contribution in [3.63, 3.8) is 0 Å². The fourth-order valence-electron chi connectivity index (χ4n) is 4.46. The van der Waals surface area contributed by atoms with Crippen molar-refractivity contribution in [2.45, 2.75) is 25.9 Å². The van der Waals surface area contributed by atoms with Gasteiger partial charge in [-0.15, -0.1) is 0 Å². The quantitative estimate of drug-likeness (QED) is 0.0989. The van der Waals surface area contributed by atoms with Gasteiger partial charge in [-0.05, 0) is 32.0 Å². The second-order valence-corrected chi connectivity index (χ2v) is 9.32. The van der Waals surface area contributed by atoms with E-state index in [0.29, 0.717) is 30.2 Å². The molecule has 2 aromatic carbocycles. The van der Waals surface area contributed by atoms with Gasteiger partial charge in [-0.1, -0.05) is 30.4 Å². The van der Waals surface area contributed by atoms with Gasteiger partial charge in [-0.3, -0.25) is 10.1 Å². The number of hydrogen-bond donors (Lipinski definition) is 3. The SMILES string of the molecule is COC(=O)C1=C(C)NC(C)=C(C(=O)OC)C1c1cc([N+](=O)[O-])ccc1OC/C=C\CNCC(O)COc1ccccc1. The molecule has 0 aromatic heterocycles. The van der Waals surface area contributed by atoms with Crippen molar-refractivity contribution in [1.29, 1.82) is 0 Å². The highest BCUT2D eigenvalue weighted by Crippen LogP contribution is 2.44. The number of para-hydroxylation sites is 1. The predicted octanol–water partition coefficient (Wildman–Crippen LogP) is 3.14. The van der Waals surface area contributed by atoms with Gasteiger partial charge in [0.05, 0.1) is 36.2 Å². The molecule has 0 saturated heterocycles. The molecule has 224 valence electrons. The third kappa shape index (κ3) is 8.18. The lowest BCUT2D eigenvalue weighted by Crippen LogP contribution is -2.32. The summed E-state index contributed by atoms with van der Waals surface area (Å²) in [7, 11) is 2.42. The normalized spacial score (nSPS) is 14.4. The van der Waals surface area contributed by atoms with Crippen LogP contribution in [0.1, 0.15) is 25.3 Å². The second kappa shape index (κ2) is 15.4. The van der Waals surface area contributed by atoms with E-state index in [9.17, 15) is 24.8 Å². The third-order valence-corrected chi connectivity index (χ3v) is 6.42. The van der Waals surface area contributed by atoms with Crippen LogP contribution in [-0.2, 0) is 19.1 Å². The molecule has 1 aliphatic heterocycles. The van der Waals surface area contributed by atoms with Crippen LogP contribution in [0.3, 0.4) is 0 Å². The summed E-state index contributed by atoms with van der Waals surface area (Å²) in [5.74, 6) is -1.55. The Balaban J connectivity index is 1.73. The molecular formula is C30H35N3O9. The van der Waals surface area contributed by atoms with E-state index in [1.54, 1.807) is 26.0 Å². The van der Waals surface area contributed by atoms with E-state index < -0.39 is 28.9 Å². The molecule has 0 fully saturated rings. The maximum Gasteiger partial charge on any atom is 0.336 e. The lowest BCUT2D eigenvalue weighted by atomic mass is 9.80. The van der Waals surface area contributed by atoms with Crippen molar-refractivity contribution in [2.24, 2.45) is 0 Å². The number of ether oxygens (including phenoxy) is 4. The van der Waals surface area contributed by atoms with Crippen LogP contribution in [0.15, 0.2) is 83.2 Å². The average molecular weight is 582 g/mol. The van der Waals surface area contributed by atoms with E-state index in [1.807, 2.05) is 30.3 Å². The number of nitro groups is 1. The Bertz CT molecular complexity index is 1330. The molecule has 42 heavy (non-hydrogen) atoms. The molecule has 12 heteroatoms. The number of allylic oxidation sites excluding steroid dienone is 2.